The quantitative estimate of drug-likeness (QED) is 0.246. The molecule has 0 aliphatic rings. The van der Waals surface area contributed by atoms with Gasteiger partial charge in [-0.3, -0.25) is 0 Å². The van der Waals surface area contributed by atoms with Crippen molar-refractivity contribution in [3.05, 3.63) is 0 Å². The van der Waals surface area contributed by atoms with Crippen LogP contribution in [0.2, 0.25) is 0 Å². The second-order valence-corrected chi connectivity index (χ2v) is 3.33. The topological polar surface area (TPSA) is 17.1 Å². The average Bonchev–Trinajstić information content (AvgIpc) is 1.87. The second-order valence-electron chi connectivity index (χ2n) is 3.33. The van der Waals surface area contributed by atoms with Gasteiger partial charge in [-0.05, 0) is 5.92 Å². The molecule has 0 aliphatic carbocycles. The van der Waals surface area contributed by atoms with Gasteiger partial charge < -0.3 is 9.28 Å². The molecule has 0 rings (SSSR count). The summed E-state index contributed by atoms with van der Waals surface area (Å²) in [4.78, 5) is 10.0. The van der Waals surface area contributed by atoms with E-state index < -0.39 is 0 Å². The summed E-state index contributed by atoms with van der Waals surface area (Å²) in [5.41, 5.74) is 0. The van der Waals surface area contributed by atoms with Crippen molar-refractivity contribution in [3.63, 3.8) is 0 Å². The molecule has 0 aromatic rings. The van der Waals surface area contributed by atoms with Crippen LogP contribution < -0.4 is 0 Å². The van der Waals surface area contributed by atoms with Gasteiger partial charge in [0, 0.05) is 12.8 Å². The van der Waals surface area contributed by atoms with Gasteiger partial charge in [0.2, 0.25) is 0 Å². The lowest BCUT2D eigenvalue weighted by Gasteiger charge is -2.26. The summed E-state index contributed by atoms with van der Waals surface area (Å²) in [7, 11) is 4.15. The molecule has 62 valence electrons. The average molecular weight is 154 g/mol. The first-order valence-corrected chi connectivity index (χ1v) is 3.81. The van der Waals surface area contributed by atoms with E-state index in [1.54, 1.807) is 0 Å². The Kier molecular flexibility index (Phi) is 4.56. The van der Waals surface area contributed by atoms with Crippen LogP contribution >= 0.6 is 0 Å². The molecule has 0 amide bonds. The Morgan fingerprint density at radius 3 is 2.64 bits per heavy atom. The predicted octanol–water partition coefficient (Wildman–Crippen LogP) is 0.675. The zero-order valence-corrected chi connectivity index (χ0v) is 7.34. The van der Waals surface area contributed by atoms with E-state index in [-0.39, 0.29) is 0 Å². The predicted molar refractivity (Wildman–Crippen MR) is 46.0 cm³/mol. The van der Waals surface area contributed by atoms with E-state index in [1.165, 1.54) is 0 Å². The number of quaternary nitrogens is 1. The van der Waals surface area contributed by atoms with Crippen LogP contribution in [0.3, 0.4) is 0 Å². The number of terminal acetylenes is 1. The van der Waals surface area contributed by atoms with Crippen LogP contribution in [0.15, 0.2) is 0 Å². The van der Waals surface area contributed by atoms with Crippen LogP contribution in [0.4, 0.5) is 0 Å². The number of carbonyl (C=O) groups is 1. The van der Waals surface area contributed by atoms with E-state index in [4.69, 9.17) is 6.42 Å². The van der Waals surface area contributed by atoms with Crippen LogP contribution in [0.1, 0.15) is 12.8 Å². The Morgan fingerprint density at radius 1 is 1.55 bits per heavy atom. The van der Waals surface area contributed by atoms with Gasteiger partial charge >= 0.3 is 0 Å². The van der Waals surface area contributed by atoms with Gasteiger partial charge in [0.1, 0.15) is 12.8 Å². The number of rotatable bonds is 5. The fraction of sp³-hybridized carbons (Fsp3) is 0.667. The first-order chi connectivity index (χ1) is 5.12. The number of carbonyl (C=O) groups excluding carboxylic acids is 1. The monoisotopic (exact) mass is 154 g/mol. The smallest absolute Gasteiger partial charge is 0.140 e. The van der Waals surface area contributed by atoms with Crippen LogP contribution in [0.25, 0.3) is 0 Å². The van der Waals surface area contributed by atoms with Crippen molar-refractivity contribution in [2.24, 2.45) is 0 Å². The lowest BCUT2D eigenvalue weighted by atomic mass is 10.3. The van der Waals surface area contributed by atoms with Crippen molar-refractivity contribution >= 4 is 6.29 Å². The summed E-state index contributed by atoms with van der Waals surface area (Å²) >= 11 is 0. The number of nitrogens with zero attached hydrogens (tertiary/aromatic N) is 1. The Hall–Kier alpha value is -0.810. The molecule has 0 unspecified atom stereocenters. The maximum Gasteiger partial charge on any atom is 0.140 e. The Bertz CT molecular complexity index is 155. The van der Waals surface area contributed by atoms with Crippen molar-refractivity contribution < 1.29 is 9.28 Å². The minimum Gasteiger partial charge on any atom is -0.318 e. The van der Waals surface area contributed by atoms with Crippen LogP contribution in [0, 0.1) is 12.3 Å². The third kappa shape index (κ3) is 5.63. The molecular weight excluding hydrogens is 138 g/mol. The number of unbranched alkanes of at least 4 members (excludes halogenated alkanes) is 1. The fourth-order valence-electron chi connectivity index (χ4n) is 0.929. The Labute approximate surface area is 68.8 Å². The second kappa shape index (κ2) is 4.92. The van der Waals surface area contributed by atoms with Crippen molar-refractivity contribution in [2.75, 3.05) is 27.2 Å². The third-order valence-corrected chi connectivity index (χ3v) is 1.60. The summed E-state index contributed by atoms with van der Waals surface area (Å²) in [5, 5.41) is 0. The third-order valence-electron chi connectivity index (χ3n) is 1.60. The van der Waals surface area contributed by atoms with Gasteiger partial charge in [-0.15, -0.1) is 6.42 Å². The molecule has 11 heavy (non-hydrogen) atoms. The molecule has 0 fully saturated rings. The molecule has 0 N–H and O–H groups in total. The van der Waals surface area contributed by atoms with E-state index in [0.29, 0.717) is 6.42 Å². The summed E-state index contributed by atoms with van der Waals surface area (Å²) in [5.74, 6) is 2.62. The highest BCUT2D eigenvalue weighted by Gasteiger charge is 2.11. The highest BCUT2D eigenvalue weighted by Crippen LogP contribution is 1.98. The highest BCUT2D eigenvalue weighted by molar-refractivity contribution is 5.48. The van der Waals surface area contributed by atoms with Gasteiger partial charge in [-0.25, -0.2) is 0 Å². The zero-order valence-electron chi connectivity index (χ0n) is 7.34. The molecule has 2 heteroatoms. The van der Waals surface area contributed by atoms with Gasteiger partial charge in [0.25, 0.3) is 0 Å². The Balaban J connectivity index is 3.56. The molecule has 0 aromatic carbocycles. The summed E-state index contributed by atoms with van der Waals surface area (Å²) in [6.07, 6.45) is 7.71. The summed E-state index contributed by atoms with van der Waals surface area (Å²) in [6, 6.07) is 0. The van der Waals surface area contributed by atoms with Gasteiger partial charge in [-0.2, -0.15) is 0 Å². The largest absolute Gasteiger partial charge is 0.318 e. The molecule has 0 atom stereocenters. The van der Waals surface area contributed by atoms with Gasteiger partial charge in [0.15, 0.2) is 0 Å². The molecule has 2 nitrogen and oxygen atoms in total. The van der Waals surface area contributed by atoms with Crippen molar-refractivity contribution in [1.29, 1.82) is 0 Å². The lowest BCUT2D eigenvalue weighted by Crippen LogP contribution is -2.40. The molecule has 0 radical (unpaired) electrons. The minimum atomic E-state index is 0.645. The van der Waals surface area contributed by atoms with Crippen molar-refractivity contribution in [2.45, 2.75) is 12.8 Å². The Morgan fingerprint density at radius 2 is 2.18 bits per heavy atom. The first kappa shape index (κ1) is 10.2. The van der Waals surface area contributed by atoms with Crippen LogP contribution in [-0.2, 0) is 4.79 Å². The zero-order chi connectivity index (χ0) is 8.74. The molecule has 0 spiro atoms. The summed E-state index contributed by atoms with van der Waals surface area (Å²) < 4.78 is 0.810. The maximum absolute atomic E-state index is 10.0. The molecule has 0 aromatic heterocycles. The molecule has 0 bridgehead atoms. The van der Waals surface area contributed by atoms with E-state index in [9.17, 15) is 4.79 Å². The van der Waals surface area contributed by atoms with Crippen LogP contribution in [0.5, 0.6) is 0 Å². The van der Waals surface area contributed by atoms with Crippen molar-refractivity contribution in [1.82, 2.24) is 0 Å². The van der Waals surface area contributed by atoms with E-state index in [2.05, 4.69) is 20.0 Å². The molecule has 0 saturated heterocycles. The maximum atomic E-state index is 10.0. The number of hydrogen-bond donors (Lipinski definition) is 0. The molecule has 0 aliphatic heterocycles. The molecule has 0 heterocycles. The normalized spacial score (nSPS) is 10.6. The molecule has 0 saturated carbocycles. The SMILES string of the molecule is C#CC[N+](C)(C)CCCC=O. The highest BCUT2D eigenvalue weighted by atomic mass is 16.1. The fourth-order valence-corrected chi connectivity index (χ4v) is 0.929. The summed E-state index contributed by atoms with van der Waals surface area (Å²) in [6.45, 7) is 1.71. The number of aldehydes is 1. The van der Waals surface area contributed by atoms with E-state index in [1.807, 2.05) is 0 Å². The minimum absolute atomic E-state index is 0.645. The lowest BCUT2D eigenvalue weighted by molar-refractivity contribution is -0.883. The van der Waals surface area contributed by atoms with Crippen LogP contribution in [-0.4, -0.2) is 38.0 Å². The first-order valence-electron chi connectivity index (χ1n) is 3.81. The van der Waals surface area contributed by atoms with Crippen molar-refractivity contribution in [3.8, 4) is 12.3 Å². The van der Waals surface area contributed by atoms with E-state index >= 15 is 0 Å². The van der Waals surface area contributed by atoms with Gasteiger partial charge in [-0.1, -0.05) is 0 Å². The molecular formula is C9H16NO+. The van der Waals surface area contributed by atoms with Gasteiger partial charge in [0.05, 0.1) is 20.6 Å². The number of hydrogen-bond acceptors (Lipinski definition) is 1. The standard InChI is InChI=1S/C9H16NO/c1-4-7-10(2,3)8-5-6-9-11/h1,9H,5-8H2,2-3H3/q+1. The van der Waals surface area contributed by atoms with E-state index in [0.717, 1.165) is 30.3 Å².